The van der Waals surface area contributed by atoms with Crippen molar-refractivity contribution in [2.45, 2.75) is 33.6 Å². The van der Waals surface area contributed by atoms with Crippen LogP contribution in [0.2, 0.25) is 5.28 Å². The molecule has 1 fully saturated rings. The van der Waals surface area contributed by atoms with Gasteiger partial charge in [-0.25, -0.2) is 19.7 Å². The molecule has 0 spiro atoms. The standard InChI is InChI=1S/C23H31ClN6O3/c1-5-33-22(31)16-12-17(30-10-7-15(8-11-30)13-32-4)19(20(25)14(2)3)21(27-16)28-18-6-9-26-23(24)29-18/h6,9,12,14-15,25H,5,7-8,10-11,13H2,1-4H3,(H,26,27,28,29). The van der Waals surface area contributed by atoms with Gasteiger partial charge in [0.2, 0.25) is 5.28 Å². The number of methoxy groups -OCH3 is 1. The lowest BCUT2D eigenvalue weighted by atomic mass is 9.94. The fraction of sp³-hybridized carbons (Fsp3) is 0.522. The van der Waals surface area contributed by atoms with Crippen LogP contribution in [-0.2, 0) is 9.47 Å². The van der Waals surface area contributed by atoms with Crippen molar-refractivity contribution >= 4 is 40.6 Å². The van der Waals surface area contributed by atoms with Gasteiger partial charge in [-0.2, -0.15) is 0 Å². The van der Waals surface area contributed by atoms with Crippen LogP contribution in [0.4, 0.5) is 17.3 Å². The fourth-order valence-electron chi connectivity index (χ4n) is 3.84. The van der Waals surface area contributed by atoms with Crippen LogP contribution in [0.1, 0.15) is 49.7 Å². The molecule has 33 heavy (non-hydrogen) atoms. The Morgan fingerprint density at radius 2 is 2.06 bits per heavy atom. The average molecular weight is 475 g/mol. The van der Waals surface area contributed by atoms with E-state index in [-0.39, 0.29) is 23.5 Å². The van der Waals surface area contributed by atoms with E-state index in [9.17, 15) is 4.79 Å². The number of carbonyl (C=O) groups excluding carboxylic acids is 1. The molecular formula is C23H31ClN6O3. The number of pyridine rings is 1. The summed E-state index contributed by atoms with van der Waals surface area (Å²) in [5, 5.41) is 12.1. The van der Waals surface area contributed by atoms with Crippen molar-refractivity contribution in [3.63, 3.8) is 0 Å². The summed E-state index contributed by atoms with van der Waals surface area (Å²) in [6.07, 6.45) is 3.45. The van der Waals surface area contributed by atoms with Crippen molar-refractivity contribution in [3.8, 4) is 0 Å². The predicted octanol–water partition coefficient (Wildman–Crippen LogP) is 4.33. The van der Waals surface area contributed by atoms with Crippen LogP contribution in [0.5, 0.6) is 0 Å². The number of esters is 1. The molecule has 9 nitrogen and oxygen atoms in total. The van der Waals surface area contributed by atoms with Crippen molar-refractivity contribution in [2.24, 2.45) is 11.8 Å². The van der Waals surface area contributed by atoms with Crippen LogP contribution in [0.3, 0.4) is 0 Å². The summed E-state index contributed by atoms with van der Waals surface area (Å²) >= 11 is 5.96. The van der Waals surface area contributed by atoms with Crippen LogP contribution < -0.4 is 10.2 Å². The maximum atomic E-state index is 12.6. The third-order valence-corrected chi connectivity index (χ3v) is 5.74. The normalized spacial score (nSPS) is 14.4. The van der Waals surface area contributed by atoms with Gasteiger partial charge in [0.15, 0.2) is 5.69 Å². The predicted molar refractivity (Wildman–Crippen MR) is 129 cm³/mol. The summed E-state index contributed by atoms with van der Waals surface area (Å²) < 4.78 is 10.6. The minimum absolute atomic E-state index is 0.0560. The van der Waals surface area contributed by atoms with Crippen LogP contribution >= 0.6 is 11.6 Å². The van der Waals surface area contributed by atoms with E-state index >= 15 is 0 Å². The molecule has 0 radical (unpaired) electrons. The van der Waals surface area contributed by atoms with Gasteiger partial charge in [-0.15, -0.1) is 0 Å². The molecule has 1 saturated heterocycles. The number of rotatable bonds is 9. The van der Waals surface area contributed by atoms with Gasteiger partial charge >= 0.3 is 5.97 Å². The summed E-state index contributed by atoms with van der Waals surface area (Å²) in [5.74, 6) is 0.708. The van der Waals surface area contributed by atoms with Gasteiger partial charge in [-0.3, -0.25) is 0 Å². The molecule has 3 rings (SSSR count). The molecule has 0 unspecified atom stereocenters. The Bertz CT molecular complexity index is 992. The number of aromatic nitrogens is 3. The van der Waals surface area contributed by atoms with Crippen LogP contribution in [0.25, 0.3) is 0 Å². The smallest absolute Gasteiger partial charge is 0.357 e. The molecule has 0 aliphatic carbocycles. The molecule has 3 heterocycles. The molecule has 0 amide bonds. The minimum atomic E-state index is -0.514. The van der Waals surface area contributed by atoms with Gasteiger partial charge in [-0.05, 0) is 55.3 Å². The van der Waals surface area contributed by atoms with Crippen molar-refractivity contribution < 1.29 is 14.3 Å². The van der Waals surface area contributed by atoms with Gasteiger partial charge in [0.05, 0.1) is 17.9 Å². The number of halogens is 1. The quantitative estimate of drug-likeness (QED) is 0.313. The van der Waals surface area contributed by atoms with Gasteiger partial charge in [-0.1, -0.05) is 13.8 Å². The summed E-state index contributed by atoms with van der Waals surface area (Å²) in [4.78, 5) is 27.5. The Morgan fingerprint density at radius 3 is 2.67 bits per heavy atom. The fourth-order valence-corrected chi connectivity index (χ4v) is 3.98. The summed E-state index contributed by atoms with van der Waals surface area (Å²) in [5.41, 5.74) is 2.01. The van der Waals surface area contributed by atoms with E-state index in [1.165, 1.54) is 6.20 Å². The van der Waals surface area contributed by atoms with Crippen molar-refractivity contribution in [1.82, 2.24) is 15.0 Å². The van der Waals surface area contributed by atoms with E-state index in [2.05, 4.69) is 25.2 Å². The number of hydrogen-bond donors (Lipinski definition) is 2. The first kappa shape index (κ1) is 24.9. The first-order valence-corrected chi connectivity index (χ1v) is 11.5. The highest BCUT2D eigenvalue weighted by Gasteiger charge is 2.28. The molecule has 2 aromatic heterocycles. The highest BCUT2D eigenvalue weighted by molar-refractivity contribution is 6.28. The second kappa shape index (κ2) is 11.4. The Hall–Kier alpha value is -2.78. The monoisotopic (exact) mass is 474 g/mol. The molecule has 1 aliphatic heterocycles. The number of hydrogen-bond acceptors (Lipinski definition) is 9. The molecule has 0 bridgehead atoms. The van der Waals surface area contributed by atoms with Crippen LogP contribution in [-0.4, -0.2) is 60.0 Å². The molecule has 0 atom stereocenters. The Balaban J connectivity index is 2.10. The zero-order chi connectivity index (χ0) is 24.0. The Kier molecular flexibility index (Phi) is 8.57. The summed E-state index contributed by atoms with van der Waals surface area (Å²) in [7, 11) is 1.72. The highest BCUT2D eigenvalue weighted by atomic mass is 35.5. The number of nitrogens with one attached hydrogen (secondary N) is 2. The largest absolute Gasteiger partial charge is 0.461 e. The third-order valence-electron chi connectivity index (χ3n) is 5.56. The maximum Gasteiger partial charge on any atom is 0.357 e. The molecule has 0 saturated carbocycles. The van der Waals surface area contributed by atoms with Crippen molar-refractivity contribution in [3.05, 3.63) is 34.9 Å². The second-order valence-electron chi connectivity index (χ2n) is 8.26. The van der Waals surface area contributed by atoms with Gasteiger partial charge < -0.3 is 25.1 Å². The SMILES string of the molecule is CCOC(=O)c1cc(N2CCC(COC)CC2)c(C(=N)C(C)C)c(Nc2ccnc(Cl)n2)n1. The van der Waals surface area contributed by atoms with Gasteiger partial charge in [0, 0.05) is 38.7 Å². The van der Waals surface area contributed by atoms with Crippen LogP contribution in [0, 0.1) is 17.2 Å². The van der Waals surface area contributed by atoms with E-state index in [1.54, 1.807) is 26.2 Å². The summed E-state index contributed by atoms with van der Waals surface area (Å²) in [6.45, 7) is 8.22. The Morgan fingerprint density at radius 1 is 1.33 bits per heavy atom. The zero-order valence-corrected chi connectivity index (χ0v) is 20.3. The van der Waals surface area contributed by atoms with Crippen molar-refractivity contribution in [1.29, 1.82) is 5.41 Å². The third kappa shape index (κ3) is 6.17. The van der Waals surface area contributed by atoms with Crippen LogP contribution in [0.15, 0.2) is 18.3 Å². The van der Waals surface area contributed by atoms with E-state index < -0.39 is 5.97 Å². The summed E-state index contributed by atoms with van der Waals surface area (Å²) in [6, 6.07) is 3.39. The molecule has 0 aromatic carbocycles. The zero-order valence-electron chi connectivity index (χ0n) is 19.5. The minimum Gasteiger partial charge on any atom is -0.461 e. The lowest BCUT2D eigenvalue weighted by Crippen LogP contribution is -2.36. The molecule has 2 aromatic rings. The van der Waals surface area contributed by atoms with E-state index in [0.717, 1.165) is 38.2 Å². The first-order chi connectivity index (χ1) is 15.8. The average Bonchev–Trinajstić information content (AvgIpc) is 2.79. The van der Waals surface area contributed by atoms with Crippen molar-refractivity contribution in [2.75, 3.05) is 43.6 Å². The molecule has 178 valence electrons. The molecule has 2 N–H and O–H groups in total. The first-order valence-electron chi connectivity index (χ1n) is 11.1. The topological polar surface area (TPSA) is 113 Å². The number of piperidine rings is 1. The number of carbonyl (C=O) groups is 1. The van der Waals surface area contributed by atoms with E-state index in [0.29, 0.717) is 28.8 Å². The molecular weight excluding hydrogens is 444 g/mol. The lowest BCUT2D eigenvalue weighted by Gasteiger charge is -2.35. The lowest BCUT2D eigenvalue weighted by molar-refractivity contribution is 0.0519. The van der Waals surface area contributed by atoms with E-state index in [4.69, 9.17) is 26.5 Å². The maximum absolute atomic E-state index is 12.6. The second-order valence-corrected chi connectivity index (χ2v) is 8.60. The van der Waals surface area contributed by atoms with E-state index in [1.807, 2.05) is 13.8 Å². The molecule has 1 aliphatic rings. The Labute approximate surface area is 199 Å². The number of ether oxygens (including phenoxy) is 2. The highest BCUT2D eigenvalue weighted by Crippen LogP contribution is 2.34. The number of nitrogens with zero attached hydrogens (tertiary/aromatic N) is 4. The van der Waals surface area contributed by atoms with Gasteiger partial charge in [0.1, 0.15) is 11.6 Å². The van der Waals surface area contributed by atoms with Gasteiger partial charge in [0.25, 0.3) is 0 Å². The molecule has 10 heteroatoms. The number of anilines is 3.